The number of thiophene rings is 1. The van der Waals surface area contributed by atoms with Crippen LogP contribution in [0.5, 0.6) is 0 Å². The van der Waals surface area contributed by atoms with Gasteiger partial charge in [-0.05, 0) is 43.4 Å². The Morgan fingerprint density at radius 3 is 3.00 bits per heavy atom. The fourth-order valence-corrected chi connectivity index (χ4v) is 3.73. The number of nitrogens with zero attached hydrogens (tertiary/aromatic N) is 1. The molecule has 0 aliphatic heterocycles. The first kappa shape index (κ1) is 13.6. The zero-order valence-electron chi connectivity index (χ0n) is 11.0. The predicted octanol–water partition coefficient (Wildman–Crippen LogP) is 4.32. The van der Waals surface area contributed by atoms with Gasteiger partial charge in [-0.3, -0.25) is 9.78 Å². The number of anilines is 1. The molecule has 0 unspecified atom stereocenters. The molecule has 0 aromatic carbocycles. The fourth-order valence-electron chi connectivity index (χ4n) is 2.43. The van der Waals surface area contributed by atoms with E-state index in [1.54, 1.807) is 29.8 Å². The van der Waals surface area contributed by atoms with Gasteiger partial charge < -0.3 is 5.32 Å². The lowest BCUT2D eigenvalue weighted by atomic mass is 10.1. The number of rotatable bonds is 2. The SMILES string of the molecule is O=C(Nc1cnccc1Cl)c1cc2c(s1)CCCCC2. The molecule has 2 aromatic heterocycles. The number of aryl methyl sites for hydroxylation is 2. The van der Waals surface area contributed by atoms with Crippen LogP contribution in [0.4, 0.5) is 5.69 Å². The number of hydrogen-bond acceptors (Lipinski definition) is 3. The van der Waals surface area contributed by atoms with Crippen LogP contribution in [0, 0.1) is 0 Å². The predicted molar refractivity (Wildman–Crippen MR) is 82.8 cm³/mol. The van der Waals surface area contributed by atoms with Crippen molar-refractivity contribution in [2.24, 2.45) is 0 Å². The summed E-state index contributed by atoms with van der Waals surface area (Å²) >= 11 is 7.63. The smallest absolute Gasteiger partial charge is 0.265 e. The molecule has 0 saturated heterocycles. The second kappa shape index (κ2) is 5.94. The summed E-state index contributed by atoms with van der Waals surface area (Å²) < 4.78 is 0. The Morgan fingerprint density at radius 2 is 2.15 bits per heavy atom. The van der Waals surface area contributed by atoms with Crippen molar-refractivity contribution in [2.75, 3.05) is 5.32 Å². The molecule has 1 aliphatic carbocycles. The van der Waals surface area contributed by atoms with Gasteiger partial charge >= 0.3 is 0 Å². The fraction of sp³-hybridized carbons (Fsp3) is 0.333. The molecule has 0 fully saturated rings. The Morgan fingerprint density at radius 1 is 1.30 bits per heavy atom. The Kier molecular flexibility index (Phi) is 4.03. The largest absolute Gasteiger partial charge is 0.319 e. The molecule has 104 valence electrons. The number of aromatic nitrogens is 1. The number of carbonyl (C=O) groups is 1. The first-order valence-electron chi connectivity index (χ1n) is 6.76. The monoisotopic (exact) mass is 306 g/mol. The van der Waals surface area contributed by atoms with Crippen LogP contribution in [-0.2, 0) is 12.8 Å². The number of nitrogens with one attached hydrogen (secondary N) is 1. The van der Waals surface area contributed by atoms with E-state index in [-0.39, 0.29) is 5.91 Å². The minimum atomic E-state index is -0.0991. The van der Waals surface area contributed by atoms with Crippen LogP contribution >= 0.6 is 22.9 Å². The van der Waals surface area contributed by atoms with Gasteiger partial charge in [-0.2, -0.15) is 0 Å². The molecule has 2 heterocycles. The molecule has 1 aliphatic rings. The standard InChI is InChI=1S/C15H15ClN2OS/c16-11-6-7-17-9-12(11)18-15(19)14-8-10-4-2-1-3-5-13(10)20-14/h6-9H,1-5H2,(H,18,19). The second-order valence-corrected chi connectivity index (χ2v) is 6.47. The number of fused-ring (bicyclic) bond motifs is 1. The maximum absolute atomic E-state index is 12.3. The molecule has 2 aromatic rings. The highest BCUT2D eigenvalue weighted by atomic mass is 35.5. The Labute approximate surface area is 127 Å². The molecule has 3 rings (SSSR count). The highest BCUT2D eigenvalue weighted by molar-refractivity contribution is 7.14. The Balaban J connectivity index is 1.79. The number of hydrogen-bond donors (Lipinski definition) is 1. The van der Waals surface area contributed by atoms with Gasteiger partial charge in [0.2, 0.25) is 0 Å². The number of pyridine rings is 1. The molecule has 1 amide bonds. The van der Waals surface area contributed by atoms with Gasteiger partial charge in [-0.1, -0.05) is 18.0 Å². The normalized spacial score (nSPS) is 14.4. The van der Waals surface area contributed by atoms with E-state index in [1.807, 2.05) is 6.07 Å². The van der Waals surface area contributed by atoms with Gasteiger partial charge in [0.05, 0.1) is 21.8 Å². The van der Waals surface area contributed by atoms with E-state index in [0.29, 0.717) is 10.7 Å². The Bertz CT molecular complexity index is 615. The van der Waals surface area contributed by atoms with Crippen molar-refractivity contribution in [3.8, 4) is 0 Å². The van der Waals surface area contributed by atoms with E-state index < -0.39 is 0 Å². The van der Waals surface area contributed by atoms with Crippen molar-refractivity contribution in [3.05, 3.63) is 44.9 Å². The van der Waals surface area contributed by atoms with E-state index >= 15 is 0 Å². The molecule has 0 atom stereocenters. The molecule has 0 spiro atoms. The molecule has 3 nitrogen and oxygen atoms in total. The summed E-state index contributed by atoms with van der Waals surface area (Å²) in [5, 5.41) is 3.33. The van der Waals surface area contributed by atoms with Crippen molar-refractivity contribution < 1.29 is 4.79 Å². The number of amides is 1. The number of halogens is 1. The van der Waals surface area contributed by atoms with Gasteiger partial charge in [0.15, 0.2) is 0 Å². The minimum absolute atomic E-state index is 0.0991. The third-order valence-electron chi connectivity index (χ3n) is 3.49. The molecular formula is C15H15ClN2OS. The average molecular weight is 307 g/mol. The molecule has 0 bridgehead atoms. The lowest BCUT2D eigenvalue weighted by Crippen LogP contribution is -2.10. The summed E-state index contributed by atoms with van der Waals surface area (Å²) in [5.41, 5.74) is 1.90. The van der Waals surface area contributed by atoms with Gasteiger partial charge in [0.25, 0.3) is 5.91 Å². The van der Waals surface area contributed by atoms with Crippen molar-refractivity contribution in [1.82, 2.24) is 4.98 Å². The lowest BCUT2D eigenvalue weighted by molar-refractivity contribution is 0.103. The molecule has 0 saturated carbocycles. The van der Waals surface area contributed by atoms with Crippen molar-refractivity contribution in [3.63, 3.8) is 0 Å². The van der Waals surface area contributed by atoms with Crippen LogP contribution in [0.2, 0.25) is 5.02 Å². The van der Waals surface area contributed by atoms with E-state index in [2.05, 4.69) is 10.3 Å². The van der Waals surface area contributed by atoms with Gasteiger partial charge in [0.1, 0.15) is 0 Å². The molecule has 20 heavy (non-hydrogen) atoms. The summed E-state index contributed by atoms with van der Waals surface area (Å²) in [6.07, 6.45) is 9.09. The van der Waals surface area contributed by atoms with E-state index in [1.165, 1.54) is 29.7 Å². The highest BCUT2D eigenvalue weighted by Gasteiger charge is 2.17. The topological polar surface area (TPSA) is 42.0 Å². The summed E-state index contributed by atoms with van der Waals surface area (Å²) in [5.74, 6) is -0.0991. The van der Waals surface area contributed by atoms with Crippen LogP contribution < -0.4 is 5.32 Å². The van der Waals surface area contributed by atoms with E-state index in [4.69, 9.17) is 11.6 Å². The van der Waals surface area contributed by atoms with Crippen LogP contribution in [0.25, 0.3) is 0 Å². The summed E-state index contributed by atoms with van der Waals surface area (Å²) in [4.78, 5) is 18.4. The maximum atomic E-state index is 12.3. The van der Waals surface area contributed by atoms with Crippen LogP contribution in [0.1, 0.15) is 39.4 Å². The maximum Gasteiger partial charge on any atom is 0.265 e. The highest BCUT2D eigenvalue weighted by Crippen LogP contribution is 2.30. The van der Waals surface area contributed by atoms with E-state index in [0.717, 1.165) is 17.7 Å². The average Bonchev–Trinajstić information content (AvgIpc) is 2.73. The van der Waals surface area contributed by atoms with Gasteiger partial charge in [0, 0.05) is 11.1 Å². The summed E-state index contributed by atoms with van der Waals surface area (Å²) in [6.45, 7) is 0. The third kappa shape index (κ3) is 2.86. The zero-order valence-corrected chi connectivity index (χ0v) is 12.6. The molecule has 1 N–H and O–H groups in total. The second-order valence-electron chi connectivity index (χ2n) is 4.93. The van der Waals surface area contributed by atoms with Crippen molar-refractivity contribution in [1.29, 1.82) is 0 Å². The first-order valence-corrected chi connectivity index (χ1v) is 7.96. The van der Waals surface area contributed by atoms with Crippen molar-refractivity contribution in [2.45, 2.75) is 32.1 Å². The van der Waals surface area contributed by atoms with Crippen molar-refractivity contribution >= 4 is 34.5 Å². The number of carbonyl (C=O) groups excluding carboxylic acids is 1. The summed E-state index contributed by atoms with van der Waals surface area (Å²) in [6, 6.07) is 3.70. The quantitative estimate of drug-likeness (QED) is 0.840. The summed E-state index contributed by atoms with van der Waals surface area (Å²) in [7, 11) is 0. The minimum Gasteiger partial charge on any atom is -0.319 e. The molecule has 5 heteroatoms. The van der Waals surface area contributed by atoms with E-state index in [9.17, 15) is 4.79 Å². The van der Waals surface area contributed by atoms with Crippen LogP contribution in [0.3, 0.4) is 0 Å². The third-order valence-corrected chi connectivity index (χ3v) is 5.05. The van der Waals surface area contributed by atoms with Crippen LogP contribution in [-0.4, -0.2) is 10.9 Å². The van der Waals surface area contributed by atoms with Gasteiger partial charge in [-0.25, -0.2) is 0 Å². The van der Waals surface area contributed by atoms with Gasteiger partial charge in [-0.15, -0.1) is 11.3 Å². The zero-order chi connectivity index (χ0) is 13.9. The lowest BCUT2D eigenvalue weighted by Gasteiger charge is -2.04. The molecular weight excluding hydrogens is 292 g/mol. The Hall–Kier alpha value is -1.39. The first-order chi connectivity index (χ1) is 9.74. The van der Waals surface area contributed by atoms with Crippen LogP contribution in [0.15, 0.2) is 24.5 Å². The molecule has 0 radical (unpaired) electrons.